The number of nitrogens with one attached hydrogen (secondary N) is 1. The molecule has 0 aliphatic heterocycles. The summed E-state index contributed by atoms with van der Waals surface area (Å²) in [6.07, 6.45) is -0.991. The highest BCUT2D eigenvalue weighted by Gasteiger charge is 2.17. The molecular weight excluding hydrogens is 491 g/mol. The fourth-order valence-corrected chi connectivity index (χ4v) is 4.50. The van der Waals surface area contributed by atoms with Crippen molar-refractivity contribution in [2.75, 3.05) is 5.32 Å². The third kappa shape index (κ3) is 5.85. The summed E-state index contributed by atoms with van der Waals surface area (Å²) in [5, 5.41) is 12.2. The number of carbonyl (C=O) groups excluding carboxylic acids is 1. The van der Waals surface area contributed by atoms with Crippen molar-refractivity contribution in [3.8, 4) is 21.6 Å². The molecule has 6 nitrogen and oxygen atoms in total. The van der Waals surface area contributed by atoms with Crippen LogP contribution >= 0.6 is 23.1 Å². The zero-order chi connectivity index (χ0) is 24.9. The second-order valence-corrected chi connectivity index (χ2v) is 8.90. The van der Waals surface area contributed by atoms with Crippen molar-refractivity contribution in [1.29, 1.82) is 0 Å². The lowest BCUT2D eigenvalue weighted by molar-refractivity contribution is -0.136. The minimum absolute atomic E-state index is 0.0357. The van der Waals surface area contributed by atoms with Crippen molar-refractivity contribution in [3.05, 3.63) is 94.4 Å². The Morgan fingerprint density at radius 1 is 1.03 bits per heavy atom. The van der Waals surface area contributed by atoms with Crippen LogP contribution < -0.4 is 5.32 Å². The molecule has 0 bridgehead atoms. The Balaban J connectivity index is 1.48. The van der Waals surface area contributed by atoms with Crippen LogP contribution in [-0.2, 0) is 22.6 Å². The van der Waals surface area contributed by atoms with E-state index in [4.69, 9.17) is 21.4 Å². The van der Waals surface area contributed by atoms with Crippen molar-refractivity contribution < 1.29 is 23.8 Å². The van der Waals surface area contributed by atoms with Crippen molar-refractivity contribution >= 4 is 40.9 Å². The number of carboxylic acids is 1. The number of aromatic nitrogens is 1. The van der Waals surface area contributed by atoms with Gasteiger partial charge in [0.2, 0.25) is 0 Å². The number of hydrogen-bond acceptors (Lipinski definition) is 5. The number of aryl methyl sites for hydroxylation is 1. The van der Waals surface area contributed by atoms with E-state index in [1.54, 1.807) is 31.2 Å². The third-order valence-corrected chi connectivity index (χ3v) is 6.64. The minimum Gasteiger partial charge on any atom is -0.481 e. The third-order valence-electron chi connectivity index (χ3n) is 5.28. The average molecular weight is 511 g/mol. The smallest absolute Gasteiger partial charge is 0.412 e. The van der Waals surface area contributed by atoms with Gasteiger partial charge in [0.05, 0.1) is 22.7 Å². The number of benzene rings is 3. The number of carbonyl (C=O) groups is 2. The maximum absolute atomic E-state index is 14.3. The first-order valence-corrected chi connectivity index (χ1v) is 11.7. The van der Waals surface area contributed by atoms with Gasteiger partial charge >= 0.3 is 12.1 Å². The molecule has 0 saturated heterocycles. The molecule has 1 aromatic heterocycles. The number of aliphatic carboxylic acids is 1. The van der Waals surface area contributed by atoms with Gasteiger partial charge in [-0.15, -0.1) is 0 Å². The lowest BCUT2D eigenvalue weighted by Crippen LogP contribution is -2.14. The van der Waals surface area contributed by atoms with Gasteiger partial charge in [0, 0.05) is 10.6 Å². The summed E-state index contributed by atoms with van der Waals surface area (Å²) in [6.45, 7) is 1.83. The van der Waals surface area contributed by atoms with E-state index >= 15 is 0 Å². The van der Waals surface area contributed by atoms with Gasteiger partial charge in [-0.2, -0.15) is 4.37 Å². The first kappa shape index (κ1) is 24.4. The average Bonchev–Trinajstić information content (AvgIpc) is 3.19. The number of halogens is 2. The molecule has 9 heteroatoms. The van der Waals surface area contributed by atoms with Gasteiger partial charge in [0.25, 0.3) is 0 Å². The first-order valence-electron chi connectivity index (χ1n) is 10.6. The molecule has 2 N–H and O–H groups in total. The highest BCUT2D eigenvalue weighted by molar-refractivity contribution is 7.10. The van der Waals surface area contributed by atoms with Gasteiger partial charge in [0.1, 0.15) is 12.4 Å². The Morgan fingerprint density at radius 2 is 1.71 bits per heavy atom. The fraction of sp³-hybridized carbons (Fsp3) is 0.115. The minimum atomic E-state index is -1.09. The van der Waals surface area contributed by atoms with E-state index < -0.39 is 17.9 Å². The number of ether oxygens (including phenoxy) is 1. The van der Waals surface area contributed by atoms with E-state index in [9.17, 15) is 14.0 Å². The van der Waals surface area contributed by atoms with Crippen molar-refractivity contribution in [3.63, 3.8) is 0 Å². The molecule has 0 saturated carbocycles. The summed E-state index contributed by atoms with van der Waals surface area (Å²) >= 11 is 7.35. The van der Waals surface area contributed by atoms with Crippen LogP contribution in [0.1, 0.15) is 16.8 Å². The van der Waals surface area contributed by atoms with Crippen molar-refractivity contribution in [1.82, 2.24) is 4.37 Å². The van der Waals surface area contributed by atoms with Gasteiger partial charge < -0.3 is 9.84 Å². The van der Waals surface area contributed by atoms with Gasteiger partial charge in [-0.1, -0.05) is 66.2 Å². The van der Waals surface area contributed by atoms with Crippen molar-refractivity contribution in [2.45, 2.75) is 20.0 Å². The lowest BCUT2D eigenvalue weighted by Gasteiger charge is -2.10. The van der Waals surface area contributed by atoms with Crippen molar-refractivity contribution in [2.24, 2.45) is 0 Å². The Hall–Kier alpha value is -3.75. The number of anilines is 1. The Kier molecular flexibility index (Phi) is 7.43. The van der Waals surface area contributed by atoms with E-state index in [2.05, 4.69) is 9.69 Å². The summed E-state index contributed by atoms with van der Waals surface area (Å²) in [6, 6.07) is 19.0. The van der Waals surface area contributed by atoms with Gasteiger partial charge in [0.15, 0.2) is 0 Å². The van der Waals surface area contributed by atoms with Gasteiger partial charge in [-0.05, 0) is 52.8 Å². The molecule has 0 aliphatic rings. The molecular formula is C26H20ClFN2O4S. The van der Waals surface area contributed by atoms with Gasteiger partial charge in [-0.25, -0.2) is 9.18 Å². The van der Waals surface area contributed by atoms with Crippen LogP contribution in [0.3, 0.4) is 0 Å². The first-order chi connectivity index (χ1) is 16.8. The van der Waals surface area contributed by atoms with E-state index in [1.165, 1.54) is 23.7 Å². The Labute approximate surface area is 210 Å². The number of carboxylic acid groups (broad SMARTS) is 1. The molecule has 0 aliphatic carbocycles. The molecule has 3 aromatic carbocycles. The van der Waals surface area contributed by atoms with E-state index in [0.29, 0.717) is 27.5 Å². The van der Waals surface area contributed by atoms with Gasteiger partial charge in [-0.3, -0.25) is 10.1 Å². The molecule has 0 spiro atoms. The molecule has 35 heavy (non-hydrogen) atoms. The quantitative estimate of drug-likeness (QED) is 0.281. The number of hydrogen-bond donors (Lipinski definition) is 2. The zero-order valence-corrected chi connectivity index (χ0v) is 20.1. The number of amides is 1. The molecule has 1 amide bonds. The van der Waals surface area contributed by atoms with Crippen LogP contribution in [0, 0.1) is 12.7 Å². The fourth-order valence-electron chi connectivity index (χ4n) is 3.46. The standard InChI is InChI=1S/C26H20ClFN2O4S/c1-15-24(29-26(33)34-14-20-4-2-3-5-21(20)27)25(35-30-15)17-8-6-16(7-9-17)18-10-11-19(13-23(31)32)22(28)12-18/h2-12H,13-14H2,1H3,(H,29,33)(H,31,32). The second kappa shape index (κ2) is 10.7. The molecule has 4 rings (SSSR count). The van der Waals surface area contributed by atoms with Crippen LogP contribution in [-0.4, -0.2) is 21.5 Å². The number of rotatable bonds is 7. The largest absolute Gasteiger partial charge is 0.481 e. The SMILES string of the molecule is Cc1nsc(-c2ccc(-c3ccc(CC(=O)O)c(F)c3)cc2)c1NC(=O)OCc1ccccc1Cl. The topological polar surface area (TPSA) is 88.5 Å². The maximum Gasteiger partial charge on any atom is 0.412 e. The second-order valence-electron chi connectivity index (χ2n) is 7.72. The number of nitrogens with zero attached hydrogens (tertiary/aromatic N) is 1. The summed E-state index contributed by atoms with van der Waals surface area (Å²) < 4.78 is 24.0. The van der Waals surface area contributed by atoms with Crippen LogP contribution in [0.2, 0.25) is 5.02 Å². The van der Waals surface area contributed by atoms with Crippen LogP contribution in [0.25, 0.3) is 21.6 Å². The normalized spacial score (nSPS) is 10.7. The summed E-state index contributed by atoms with van der Waals surface area (Å²) in [7, 11) is 0. The highest BCUT2D eigenvalue weighted by atomic mass is 35.5. The molecule has 4 aromatic rings. The predicted molar refractivity (Wildman–Crippen MR) is 134 cm³/mol. The summed E-state index contributed by atoms with van der Waals surface area (Å²) in [4.78, 5) is 24.0. The monoisotopic (exact) mass is 510 g/mol. The molecule has 0 atom stereocenters. The van der Waals surface area contributed by atoms with E-state index in [-0.39, 0.29) is 18.6 Å². The molecule has 1 heterocycles. The summed E-state index contributed by atoms with van der Waals surface area (Å²) in [5.41, 5.74) is 4.26. The lowest BCUT2D eigenvalue weighted by atomic mass is 10.0. The summed E-state index contributed by atoms with van der Waals surface area (Å²) in [5.74, 6) is -1.65. The molecule has 0 radical (unpaired) electrons. The molecule has 0 unspecified atom stereocenters. The Bertz CT molecular complexity index is 1390. The molecule has 178 valence electrons. The highest BCUT2D eigenvalue weighted by Crippen LogP contribution is 2.36. The van der Waals surface area contributed by atoms with Crippen LogP contribution in [0.15, 0.2) is 66.7 Å². The van der Waals surface area contributed by atoms with Crippen LogP contribution in [0.4, 0.5) is 14.9 Å². The molecule has 0 fully saturated rings. The predicted octanol–water partition coefficient (Wildman–Crippen LogP) is 6.95. The van der Waals surface area contributed by atoms with E-state index in [1.807, 2.05) is 30.3 Å². The Morgan fingerprint density at radius 3 is 2.40 bits per heavy atom. The zero-order valence-electron chi connectivity index (χ0n) is 18.5. The maximum atomic E-state index is 14.3. The van der Waals surface area contributed by atoms with Crippen LogP contribution in [0.5, 0.6) is 0 Å². The van der Waals surface area contributed by atoms with E-state index in [0.717, 1.165) is 16.0 Å².